The fourth-order valence-electron chi connectivity index (χ4n) is 3.01. The predicted molar refractivity (Wildman–Crippen MR) is 81.3 cm³/mol. The zero-order valence-corrected chi connectivity index (χ0v) is 13.1. The van der Waals surface area contributed by atoms with Gasteiger partial charge in [0.1, 0.15) is 0 Å². The van der Waals surface area contributed by atoms with Gasteiger partial charge in [0, 0.05) is 16.8 Å². The first-order valence-electron chi connectivity index (χ1n) is 7.23. The van der Waals surface area contributed by atoms with Crippen molar-refractivity contribution in [2.24, 2.45) is 11.3 Å². The van der Waals surface area contributed by atoms with Crippen LogP contribution in [-0.4, -0.2) is 13.1 Å². The van der Waals surface area contributed by atoms with E-state index >= 15 is 0 Å². The molecular formula is C16H27NS. The van der Waals surface area contributed by atoms with Gasteiger partial charge < -0.3 is 5.32 Å². The normalized spacial score (nSPS) is 28.1. The molecule has 1 heterocycles. The Morgan fingerprint density at radius 3 is 2.61 bits per heavy atom. The Morgan fingerprint density at radius 2 is 2.11 bits per heavy atom. The number of thiophene rings is 1. The Kier molecular flexibility index (Phi) is 4.18. The van der Waals surface area contributed by atoms with Crippen LogP contribution in [0.25, 0.3) is 0 Å². The van der Waals surface area contributed by atoms with E-state index in [9.17, 15) is 0 Å². The fraction of sp³-hybridized carbons (Fsp3) is 0.750. The highest BCUT2D eigenvalue weighted by Gasteiger charge is 2.49. The van der Waals surface area contributed by atoms with Gasteiger partial charge in [-0.3, -0.25) is 0 Å². The van der Waals surface area contributed by atoms with Gasteiger partial charge in [0.2, 0.25) is 0 Å². The van der Waals surface area contributed by atoms with Crippen molar-refractivity contribution < 1.29 is 0 Å². The molecular weight excluding hydrogens is 238 g/mol. The number of rotatable bonds is 5. The van der Waals surface area contributed by atoms with Crippen molar-refractivity contribution >= 4 is 11.3 Å². The van der Waals surface area contributed by atoms with Gasteiger partial charge in [-0.25, -0.2) is 0 Å². The highest BCUT2D eigenvalue weighted by Crippen LogP contribution is 2.54. The van der Waals surface area contributed by atoms with Crippen molar-refractivity contribution in [2.75, 3.05) is 13.1 Å². The van der Waals surface area contributed by atoms with Gasteiger partial charge in [-0.05, 0) is 48.6 Å². The topological polar surface area (TPSA) is 12.0 Å². The number of nitrogens with one attached hydrogen (secondary N) is 1. The average molecular weight is 265 g/mol. The molecule has 2 heteroatoms. The van der Waals surface area contributed by atoms with E-state index in [0.717, 1.165) is 19.0 Å². The van der Waals surface area contributed by atoms with E-state index in [-0.39, 0.29) is 0 Å². The van der Waals surface area contributed by atoms with Crippen LogP contribution in [0.4, 0.5) is 0 Å². The summed E-state index contributed by atoms with van der Waals surface area (Å²) in [7, 11) is 0. The van der Waals surface area contributed by atoms with Crippen molar-refractivity contribution in [3.63, 3.8) is 0 Å². The molecule has 1 aliphatic carbocycles. The third kappa shape index (κ3) is 2.80. The van der Waals surface area contributed by atoms with Crippen molar-refractivity contribution in [3.05, 3.63) is 22.4 Å². The van der Waals surface area contributed by atoms with Crippen molar-refractivity contribution in [3.8, 4) is 0 Å². The molecule has 0 radical (unpaired) electrons. The summed E-state index contributed by atoms with van der Waals surface area (Å²) in [5.74, 6) is 0.878. The lowest BCUT2D eigenvalue weighted by molar-refractivity contribution is 0.0472. The maximum atomic E-state index is 3.64. The molecule has 1 aliphatic rings. The van der Waals surface area contributed by atoms with Crippen LogP contribution in [0.1, 0.15) is 51.8 Å². The van der Waals surface area contributed by atoms with Crippen LogP contribution in [0.2, 0.25) is 0 Å². The summed E-state index contributed by atoms with van der Waals surface area (Å²) in [5, 5.41) is 5.87. The minimum atomic E-state index is 0.432. The van der Waals surface area contributed by atoms with Gasteiger partial charge in [0.05, 0.1) is 0 Å². The highest BCUT2D eigenvalue weighted by atomic mass is 32.1. The van der Waals surface area contributed by atoms with Gasteiger partial charge in [-0.1, -0.05) is 33.8 Å². The molecule has 0 aromatic carbocycles. The first kappa shape index (κ1) is 14.1. The van der Waals surface area contributed by atoms with E-state index < -0.39 is 0 Å². The second kappa shape index (κ2) is 5.34. The van der Waals surface area contributed by atoms with E-state index in [4.69, 9.17) is 0 Å². The second-order valence-electron chi connectivity index (χ2n) is 6.91. The van der Waals surface area contributed by atoms with Crippen LogP contribution in [0, 0.1) is 11.3 Å². The van der Waals surface area contributed by atoms with Crippen LogP contribution in [0.5, 0.6) is 0 Å². The molecule has 2 rings (SSSR count). The summed E-state index contributed by atoms with van der Waals surface area (Å²) in [6.07, 6.45) is 3.94. The Labute approximate surface area is 116 Å². The number of hydrogen-bond acceptors (Lipinski definition) is 2. The largest absolute Gasteiger partial charge is 0.316 e. The lowest BCUT2D eigenvalue weighted by atomic mass is 9.54. The molecule has 1 aromatic heterocycles. The lowest BCUT2D eigenvalue weighted by Crippen LogP contribution is -2.51. The maximum Gasteiger partial charge on any atom is 0.0177 e. The summed E-state index contributed by atoms with van der Waals surface area (Å²) in [4.78, 5) is 1.59. The van der Waals surface area contributed by atoms with Crippen LogP contribution >= 0.6 is 11.3 Å². The SMILES string of the molecule is CCCNCC1(c2cccs2)CC(C(C)(C)C)C1. The summed E-state index contributed by atoms with van der Waals surface area (Å²) in [6.45, 7) is 11.7. The molecule has 1 N–H and O–H groups in total. The molecule has 18 heavy (non-hydrogen) atoms. The standard InChI is InChI=1S/C16H27NS/c1-5-8-17-12-16(14-7-6-9-18-14)10-13(11-16)15(2,3)4/h6-7,9,13,17H,5,8,10-12H2,1-4H3. The lowest BCUT2D eigenvalue weighted by Gasteiger charge is -2.53. The minimum Gasteiger partial charge on any atom is -0.316 e. The predicted octanol–water partition coefficient (Wildman–Crippen LogP) is 4.44. The quantitative estimate of drug-likeness (QED) is 0.776. The van der Waals surface area contributed by atoms with Gasteiger partial charge >= 0.3 is 0 Å². The smallest absolute Gasteiger partial charge is 0.0177 e. The summed E-state index contributed by atoms with van der Waals surface area (Å²) < 4.78 is 0. The Morgan fingerprint density at radius 1 is 1.39 bits per heavy atom. The second-order valence-corrected chi connectivity index (χ2v) is 7.85. The molecule has 102 valence electrons. The Bertz CT molecular complexity index is 355. The van der Waals surface area contributed by atoms with Gasteiger partial charge in [-0.2, -0.15) is 0 Å². The molecule has 0 saturated heterocycles. The molecule has 0 unspecified atom stereocenters. The molecule has 0 bridgehead atoms. The van der Waals surface area contributed by atoms with E-state index in [1.807, 2.05) is 11.3 Å². The first-order valence-corrected chi connectivity index (χ1v) is 8.10. The maximum absolute atomic E-state index is 3.64. The van der Waals surface area contributed by atoms with E-state index in [1.54, 1.807) is 4.88 Å². The Balaban J connectivity index is 2.03. The summed E-state index contributed by atoms with van der Waals surface area (Å²) >= 11 is 1.94. The van der Waals surface area contributed by atoms with Gasteiger partial charge in [0.25, 0.3) is 0 Å². The average Bonchev–Trinajstić information content (AvgIpc) is 2.73. The molecule has 0 aliphatic heterocycles. The van der Waals surface area contributed by atoms with Crippen LogP contribution in [0.3, 0.4) is 0 Å². The van der Waals surface area contributed by atoms with E-state index in [1.165, 1.54) is 19.3 Å². The van der Waals surface area contributed by atoms with Crippen molar-refractivity contribution in [1.29, 1.82) is 0 Å². The zero-order chi connectivity index (χ0) is 13.2. The van der Waals surface area contributed by atoms with Gasteiger partial charge in [-0.15, -0.1) is 11.3 Å². The van der Waals surface area contributed by atoms with Crippen molar-refractivity contribution in [2.45, 2.75) is 52.4 Å². The molecule has 1 aromatic rings. The molecule has 0 spiro atoms. The summed E-state index contributed by atoms with van der Waals surface area (Å²) in [5.41, 5.74) is 0.896. The molecule has 1 saturated carbocycles. The fourth-order valence-corrected chi connectivity index (χ4v) is 3.96. The minimum absolute atomic E-state index is 0.432. The zero-order valence-electron chi connectivity index (χ0n) is 12.3. The Hall–Kier alpha value is -0.340. The molecule has 0 amide bonds. The third-order valence-corrected chi connectivity index (χ3v) is 5.55. The number of hydrogen-bond donors (Lipinski definition) is 1. The van der Waals surface area contributed by atoms with Crippen LogP contribution in [-0.2, 0) is 5.41 Å². The first-order chi connectivity index (χ1) is 8.48. The molecule has 1 nitrogen and oxygen atoms in total. The van der Waals surface area contributed by atoms with E-state index in [2.05, 4.69) is 50.5 Å². The van der Waals surface area contributed by atoms with Gasteiger partial charge in [0.15, 0.2) is 0 Å². The summed E-state index contributed by atoms with van der Waals surface area (Å²) in [6, 6.07) is 4.53. The highest BCUT2D eigenvalue weighted by molar-refractivity contribution is 7.10. The third-order valence-electron chi connectivity index (χ3n) is 4.43. The van der Waals surface area contributed by atoms with Crippen LogP contribution in [0.15, 0.2) is 17.5 Å². The van der Waals surface area contributed by atoms with Crippen molar-refractivity contribution in [1.82, 2.24) is 5.32 Å². The molecule has 1 fully saturated rings. The molecule has 0 atom stereocenters. The monoisotopic (exact) mass is 265 g/mol. The van der Waals surface area contributed by atoms with Crippen LogP contribution < -0.4 is 5.32 Å². The van der Waals surface area contributed by atoms with E-state index in [0.29, 0.717) is 10.8 Å².